The molecule has 162 valence electrons. The first kappa shape index (κ1) is 27.6. The molecule has 0 fully saturated rings. The third-order valence-corrected chi connectivity index (χ3v) is 11.4. The van der Waals surface area contributed by atoms with Gasteiger partial charge in [-0.1, -0.05) is 26.7 Å². The molecule has 1 aromatic carbocycles. The van der Waals surface area contributed by atoms with Crippen LogP contribution in [0, 0.1) is 0 Å². The lowest BCUT2D eigenvalue weighted by Gasteiger charge is -2.22. The molecule has 0 aliphatic carbocycles. The van der Waals surface area contributed by atoms with E-state index in [0.29, 0.717) is 19.4 Å². The standard InChI is InChI=1S/C18H28Br4O4P2/c1-5-7-9-25-28(24,26-10-8-6-2)12-14-17(21)15(19)13(11-27(3,4)23)16(20)18(14)22/h5-12H2,1-4H3. The molecule has 0 unspecified atom stereocenters. The second kappa shape index (κ2) is 12.5. The lowest BCUT2D eigenvalue weighted by molar-refractivity contribution is 0.199. The molecular formula is C18H28Br4O4P2. The highest BCUT2D eigenvalue weighted by molar-refractivity contribution is 9.14. The largest absolute Gasteiger partial charge is 0.335 e. The SMILES string of the molecule is CCCCOP(=O)(Cc1c(Br)c(Br)c(CP(C)(C)=O)c(Br)c1Br)OCCCC. The van der Waals surface area contributed by atoms with E-state index in [9.17, 15) is 9.13 Å². The Kier molecular flexibility index (Phi) is 12.3. The van der Waals surface area contributed by atoms with Gasteiger partial charge in [0.2, 0.25) is 0 Å². The highest BCUT2D eigenvalue weighted by Crippen LogP contribution is 2.56. The maximum atomic E-state index is 13.4. The summed E-state index contributed by atoms with van der Waals surface area (Å²) in [6.07, 6.45) is 4.18. The van der Waals surface area contributed by atoms with Crippen LogP contribution in [0.4, 0.5) is 0 Å². The fraction of sp³-hybridized carbons (Fsp3) is 0.667. The van der Waals surface area contributed by atoms with Gasteiger partial charge in [0.1, 0.15) is 0 Å². The second-order valence-electron chi connectivity index (χ2n) is 7.09. The molecule has 0 aliphatic rings. The van der Waals surface area contributed by atoms with E-state index >= 15 is 0 Å². The van der Waals surface area contributed by atoms with Gasteiger partial charge in [0.25, 0.3) is 0 Å². The van der Waals surface area contributed by atoms with Crippen LogP contribution in [0.2, 0.25) is 0 Å². The van der Waals surface area contributed by atoms with Crippen LogP contribution in [0.5, 0.6) is 0 Å². The summed E-state index contributed by atoms with van der Waals surface area (Å²) in [5.41, 5.74) is 1.70. The number of unbranched alkanes of at least 4 members (excludes halogenated alkanes) is 2. The van der Waals surface area contributed by atoms with Gasteiger partial charge in [-0.3, -0.25) is 4.57 Å². The third kappa shape index (κ3) is 8.57. The Morgan fingerprint density at radius 3 is 1.39 bits per heavy atom. The summed E-state index contributed by atoms with van der Waals surface area (Å²) in [5, 5.41) is 0. The van der Waals surface area contributed by atoms with Crippen molar-refractivity contribution in [1.82, 2.24) is 0 Å². The van der Waals surface area contributed by atoms with Crippen LogP contribution in [0.25, 0.3) is 0 Å². The quantitative estimate of drug-likeness (QED) is 0.125. The fourth-order valence-electron chi connectivity index (χ4n) is 2.40. The third-order valence-electron chi connectivity index (χ3n) is 3.91. The summed E-state index contributed by atoms with van der Waals surface area (Å²) in [6, 6.07) is 0. The average Bonchev–Trinajstić information content (AvgIpc) is 2.61. The van der Waals surface area contributed by atoms with E-state index in [0.717, 1.165) is 54.7 Å². The molecule has 0 saturated carbocycles. The van der Waals surface area contributed by atoms with Gasteiger partial charge in [0.15, 0.2) is 0 Å². The van der Waals surface area contributed by atoms with Gasteiger partial charge in [-0.15, -0.1) is 0 Å². The smallest absolute Gasteiger partial charge is 0.324 e. The molecule has 0 bridgehead atoms. The molecule has 1 rings (SSSR count). The minimum atomic E-state index is -3.31. The normalized spacial score (nSPS) is 12.6. The van der Waals surface area contributed by atoms with Gasteiger partial charge in [0.05, 0.1) is 26.5 Å². The summed E-state index contributed by atoms with van der Waals surface area (Å²) in [6.45, 7) is 8.46. The number of rotatable bonds is 12. The van der Waals surface area contributed by atoms with Gasteiger partial charge in [-0.25, -0.2) is 0 Å². The Bertz CT molecular complexity index is 721. The number of halogens is 4. The summed E-state index contributed by atoms with van der Waals surface area (Å²) in [4.78, 5) is 0. The van der Waals surface area contributed by atoms with Crippen molar-refractivity contribution in [3.05, 3.63) is 29.0 Å². The van der Waals surface area contributed by atoms with Crippen LogP contribution >= 0.6 is 78.5 Å². The minimum Gasteiger partial charge on any atom is -0.324 e. The van der Waals surface area contributed by atoms with Crippen molar-refractivity contribution >= 4 is 78.5 Å². The zero-order chi connectivity index (χ0) is 21.5. The molecule has 28 heavy (non-hydrogen) atoms. The molecule has 0 spiro atoms. The summed E-state index contributed by atoms with van der Waals surface area (Å²) < 4.78 is 40.4. The molecule has 0 N–H and O–H groups in total. The zero-order valence-corrected chi connectivity index (χ0v) is 24.8. The van der Waals surface area contributed by atoms with E-state index in [2.05, 4.69) is 77.6 Å². The van der Waals surface area contributed by atoms with Gasteiger partial charge < -0.3 is 13.6 Å². The van der Waals surface area contributed by atoms with E-state index in [-0.39, 0.29) is 6.16 Å². The monoisotopic (exact) mass is 686 g/mol. The molecule has 0 heterocycles. The van der Waals surface area contributed by atoms with Crippen LogP contribution in [-0.2, 0) is 30.5 Å². The fourth-order valence-corrected chi connectivity index (χ4v) is 8.96. The van der Waals surface area contributed by atoms with Gasteiger partial charge in [-0.05, 0) is 101 Å². The molecule has 0 amide bonds. The van der Waals surface area contributed by atoms with E-state index < -0.39 is 14.7 Å². The maximum Gasteiger partial charge on any atom is 0.335 e. The Morgan fingerprint density at radius 1 is 0.714 bits per heavy atom. The lowest BCUT2D eigenvalue weighted by atomic mass is 10.2. The van der Waals surface area contributed by atoms with Crippen molar-refractivity contribution in [2.24, 2.45) is 0 Å². The Balaban J connectivity index is 3.28. The average molecular weight is 690 g/mol. The highest BCUT2D eigenvalue weighted by atomic mass is 79.9. The molecule has 0 aliphatic heterocycles. The predicted molar refractivity (Wildman–Crippen MR) is 133 cm³/mol. The predicted octanol–water partition coefficient (Wildman–Crippen LogP) is 9.19. The van der Waals surface area contributed by atoms with E-state index in [1.54, 1.807) is 13.3 Å². The van der Waals surface area contributed by atoms with Crippen molar-refractivity contribution in [2.45, 2.75) is 51.9 Å². The molecule has 4 nitrogen and oxygen atoms in total. The van der Waals surface area contributed by atoms with Crippen molar-refractivity contribution in [3.8, 4) is 0 Å². The van der Waals surface area contributed by atoms with E-state index in [4.69, 9.17) is 9.05 Å². The molecule has 1 aromatic rings. The van der Waals surface area contributed by atoms with Gasteiger partial charge in [-0.2, -0.15) is 0 Å². The molecule has 0 radical (unpaired) electrons. The number of benzene rings is 1. The van der Waals surface area contributed by atoms with Crippen molar-refractivity contribution in [3.63, 3.8) is 0 Å². The van der Waals surface area contributed by atoms with Crippen molar-refractivity contribution < 1.29 is 18.2 Å². The van der Waals surface area contributed by atoms with Crippen LogP contribution in [0.3, 0.4) is 0 Å². The Hall–Kier alpha value is 1.52. The van der Waals surface area contributed by atoms with Crippen molar-refractivity contribution in [2.75, 3.05) is 26.5 Å². The molecule has 10 heteroatoms. The highest BCUT2D eigenvalue weighted by Gasteiger charge is 2.30. The van der Waals surface area contributed by atoms with E-state index in [1.807, 2.05) is 0 Å². The molecule has 0 atom stereocenters. The second-order valence-corrected chi connectivity index (χ2v) is 15.8. The van der Waals surface area contributed by atoms with Crippen LogP contribution in [0.15, 0.2) is 17.9 Å². The first-order valence-corrected chi connectivity index (χ1v) is 16.9. The summed E-state index contributed by atoms with van der Waals surface area (Å²) in [7, 11) is -5.59. The number of hydrogen-bond donors (Lipinski definition) is 0. The van der Waals surface area contributed by atoms with Crippen molar-refractivity contribution in [1.29, 1.82) is 0 Å². The van der Waals surface area contributed by atoms with E-state index in [1.165, 1.54) is 0 Å². The van der Waals surface area contributed by atoms with Crippen LogP contribution < -0.4 is 0 Å². The summed E-state index contributed by atoms with van der Waals surface area (Å²) >= 11 is 14.5. The first-order chi connectivity index (χ1) is 13.0. The Labute approximate surface area is 202 Å². The van der Waals surface area contributed by atoms with Crippen LogP contribution in [0.1, 0.15) is 50.7 Å². The summed E-state index contributed by atoms with van der Waals surface area (Å²) in [5.74, 6) is 0. The maximum absolute atomic E-state index is 13.4. The van der Waals surface area contributed by atoms with Gasteiger partial charge in [0, 0.05) is 24.1 Å². The lowest BCUT2D eigenvalue weighted by Crippen LogP contribution is -2.05. The molecule has 0 aromatic heterocycles. The van der Waals surface area contributed by atoms with Gasteiger partial charge >= 0.3 is 7.60 Å². The molecular weight excluding hydrogens is 662 g/mol. The molecule has 0 saturated heterocycles. The first-order valence-electron chi connectivity index (χ1n) is 9.21. The Morgan fingerprint density at radius 2 is 1.07 bits per heavy atom. The zero-order valence-electron chi connectivity index (χ0n) is 16.7. The van der Waals surface area contributed by atoms with Crippen LogP contribution in [-0.4, -0.2) is 26.5 Å². The minimum absolute atomic E-state index is 0.148. The topological polar surface area (TPSA) is 52.6 Å². The number of hydrogen-bond acceptors (Lipinski definition) is 4.